The van der Waals surface area contributed by atoms with E-state index in [1.165, 1.54) is 0 Å². The summed E-state index contributed by atoms with van der Waals surface area (Å²) < 4.78 is 0. The van der Waals surface area contributed by atoms with E-state index in [0.29, 0.717) is 5.56 Å². The molecular weight excluding hydrogens is 176 g/mol. The number of rotatable bonds is 2. The van der Waals surface area contributed by atoms with Crippen molar-refractivity contribution < 1.29 is 4.79 Å². The third-order valence-corrected chi connectivity index (χ3v) is 1.74. The third-order valence-electron chi connectivity index (χ3n) is 1.74. The highest BCUT2D eigenvalue weighted by molar-refractivity contribution is 6.07. The number of carbonyl (C=O) groups excluding carboxylic acids is 1. The molecule has 0 bridgehead atoms. The molecule has 0 spiro atoms. The fraction of sp³-hybridized carbons (Fsp3) is 0.273. The molecule has 0 fully saturated rings. The molecular formula is C11H14N2O. The minimum atomic E-state index is -0.0845. The van der Waals surface area contributed by atoms with Crippen LogP contribution in [0.3, 0.4) is 0 Å². The lowest BCUT2D eigenvalue weighted by Crippen LogP contribution is -2.04. The molecule has 0 unspecified atom stereocenters. The van der Waals surface area contributed by atoms with Gasteiger partial charge in [-0.3, -0.25) is 4.79 Å². The highest BCUT2D eigenvalue weighted by Crippen LogP contribution is 2.12. The van der Waals surface area contributed by atoms with Gasteiger partial charge in [0.05, 0.1) is 5.56 Å². The molecule has 2 N–H and O–H groups in total. The first-order valence-corrected chi connectivity index (χ1v) is 4.42. The number of allylic oxidation sites excluding steroid dienone is 2. The van der Waals surface area contributed by atoms with E-state index >= 15 is 0 Å². The first-order chi connectivity index (χ1) is 6.50. The summed E-state index contributed by atoms with van der Waals surface area (Å²) in [6.07, 6.45) is 3.21. The zero-order chi connectivity index (χ0) is 10.7. The Hall–Kier alpha value is -1.64. The van der Waals surface area contributed by atoms with Crippen LogP contribution >= 0.6 is 0 Å². The van der Waals surface area contributed by atoms with Gasteiger partial charge in [-0.2, -0.15) is 0 Å². The number of nitrogens with two attached hydrogens (primary N) is 1. The van der Waals surface area contributed by atoms with Gasteiger partial charge in [-0.1, -0.05) is 5.57 Å². The van der Waals surface area contributed by atoms with Crippen LogP contribution in [-0.2, 0) is 0 Å². The van der Waals surface area contributed by atoms with Crippen molar-refractivity contribution in [2.75, 3.05) is 5.73 Å². The number of hydrogen-bond acceptors (Lipinski definition) is 3. The highest BCUT2D eigenvalue weighted by Gasteiger charge is 2.07. The first-order valence-electron chi connectivity index (χ1n) is 4.42. The average molecular weight is 190 g/mol. The Morgan fingerprint density at radius 2 is 2.14 bits per heavy atom. The minimum Gasteiger partial charge on any atom is -0.383 e. The molecule has 0 aliphatic heterocycles. The topological polar surface area (TPSA) is 56.0 Å². The largest absolute Gasteiger partial charge is 0.383 e. The van der Waals surface area contributed by atoms with Crippen LogP contribution < -0.4 is 5.73 Å². The second-order valence-corrected chi connectivity index (χ2v) is 3.53. The van der Waals surface area contributed by atoms with Crippen molar-refractivity contribution in [2.24, 2.45) is 0 Å². The van der Waals surface area contributed by atoms with Crippen LogP contribution in [0, 0.1) is 6.92 Å². The summed E-state index contributed by atoms with van der Waals surface area (Å²) in [5, 5.41) is 0. The fourth-order valence-electron chi connectivity index (χ4n) is 1.12. The van der Waals surface area contributed by atoms with Crippen molar-refractivity contribution in [1.29, 1.82) is 0 Å². The van der Waals surface area contributed by atoms with Crippen molar-refractivity contribution in [3.63, 3.8) is 0 Å². The van der Waals surface area contributed by atoms with Gasteiger partial charge in [-0.25, -0.2) is 4.98 Å². The van der Waals surface area contributed by atoms with Crippen LogP contribution in [0.15, 0.2) is 23.9 Å². The molecule has 74 valence electrons. The zero-order valence-corrected chi connectivity index (χ0v) is 8.66. The van der Waals surface area contributed by atoms with Crippen LogP contribution in [0.25, 0.3) is 0 Å². The molecule has 0 aliphatic rings. The van der Waals surface area contributed by atoms with Gasteiger partial charge in [0.25, 0.3) is 0 Å². The second-order valence-electron chi connectivity index (χ2n) is 3.53. The van der Waals surface area contributed by atoms with Gasteiger partial charge in [0.15, 0.2) is 5.78 Å². The maximum atomic E-state index is 11.6. The van der Waals surface area contributed by atoms with Crippen LogP contribution in [0.4, 0.5) is 5.82 Å². The summed E-state index contributed by atoms with van der Waals surface area (Å²) >= 11 is 0. The number of aromatic nitrogens is 1. The maximum Gasteiger partial charge on any atom is 0.189 e. The predicted molar refractivity (Wildman–Crippen MR) is 57.1 cm³/mol. The van der Waals surface area contributed by atoms with Crippen LogP contribution in [0.1, 0.15) is 29.8 Å². The van der Waals surface area contributed by atoms with Gasteiger partial charge in [0, 0.05) is 6.20 Å². The summed E-state index contributed by atoms with van der Waals surface area (Å²) in [5.41, 5.74) is 7.97. The smallest absolute Gasteiger partial charge is 0.189 e. The maximum absolute atomic E-state index is 11.6. The Morgan fingerprint density at radius 1 is 1.50 bits per heavy atom. The first kappa shape index (κ1) is 10.4. The summed E-state index contributed by atoms with van der Waals surface area (Å²) in [6.45, 7) is 5.63. The predicted octanol–water partition coefficient (Wildman–Crippen LogP) is 2.12. The van der Waals surface area contributed by atoms with E-state index in [0.717, 1.165) is 11.1 Å². The summed E-state index contributed by atoms with van der Waals surface area (Å²) in [6, 6.07) is 1.75. The molecule has 0 aromatic carbocycles. The SMILES string of the molecule is CC(C)=CC(=O)c1cc(C)cnc1N. The Balaban J connectivity index is 3.12. The Labute approximate surface area is 83.7 Å². The Morgan fingerprint density at radius 3 is 2.71 bits per heavy atom. The number of pyridine rings is 1. The summed E-state index contributed by atoms with van der Waals surface area (Å²) in [7, 11) is 0. The molecule has 3 heteroatoms. The molecule has 0 radical (unpaired) electrons. The molecule has 14 heavy (non-hydrogen) atoms. The van der Waals surface area contributed by atoms with E-state index in [4.69, 9.17) is 5.73 Å². The van der Waals surface area contributed by atoms with Crippen molar-refractivity contribution in [1.82, 2.24) is 4.98 Å². The normalized spacial score (nSPS) is 9.64. The molecule has 1 aromatic rings. The van der Waals surface area contributed by atoms with Crippen LogP contribution in [-0.4, -0.2) is 10.8 Å². The Kier molecular flexibility index (Phi) is 3.02. The fourth-order valence-corrected chi connectivity index (χ4v) is 1.12. The highest BCUT2D eigenvalue weighted by atomic mass is 16.1. The van der Waals surface area contributed by atoms with Gasteiger partial charge in [-0.15, -0.1) is 0 Å². The monoisotopic (exact) mass is 190 g/mol. The Bertz CT molecular complexity index is 390. The minimum absolute atomic E-state index is 0.0845. The van der Waals surface area contributed by atoms with E-state index in [1.54, 1.807) is 18.3 Å². The summed E-state index contributed by atoms with van der Waals surface area (Å²) in [5.74, 6) is 0.205. The molecule has 0 aliphatic carbocycles. The molecule has 3 nitrogen and oxygen atoms in total. The number of ketones is 1. The third kappa shape index (κ3) is 2.42. The molecule has 0 atom stereocenters. The van der Waals surface area contributed by atoms with E-state index in [1.807, 2.05) is 20.8 Å². The molecule has 1 rings (SSSR count). The second kappa shape index (κ2) is 4.05. The average Bonchev–Trinajstić information content (AvgIpc) is 2.08. The molecule has 0 saturated carbocycles. The lowest BCUT2D eigenvalue weighted by atomic mass is 10.1. The zero-order valence-electron chi connectivity index (χ0n) is 8.66. The number of nitrogen functional groups attached to an aromatic ring is 1. The van der Waals surface area contributed by atoms with Crippen molar-refractivity contribution in [3.05, 3.63) is 35.0 Å². The molecule has 0 amide bonds. The number of hydrogen-bond donors (Lipinski definition) is 1. The van der Waals surface area contributed by atoms with Crippen molar-refractivity contribution >= 4 is 11.6 Å². The molecule has 1 heterocycles. The van der Waals surface area contributed by atoms with Gasteiger partial charge in [-0.05, 0) is 38.5 Å². The van der Waals surface area contributed by atoms with Gasteiger partial charge in [0.1, 0.15) is 5.82 Å². The van der Waals surface area contributed by atoms with Crippen LogP contribution in [0.2, 0.25) is 0 Å². The lowest BCUT2D eigenvalue weighted by molar-refractivity contribution is 0.104. The van der Waals surface area contributed by atoms with Gasteiger partial charge >= 0.3 is 0 Å². The van der Waals surface area contributed by atoms with Gasteiger partial charge < -0.3 is 5.73 Å². The van der Waals surface area contributed by atoms with Crippen molar-refractivity contribution in [2.45, 2.75) is 20.8 Å². The number of carbonyl (C=O) groups is 1. The van der Waals surface area contributed by atoms with E-state index in [9.17, 15) is 4.79 Å². The van der Waals surface area contributed by atoms with Crippen LogP contribution in [0.5, 0.6) is 0 Å². The number of aryl methyl sites for hydroxylation is 1. The van der Waals surface area contributed by atoms with E-state index in [2.05, 4.69) is 4.98 Å². The molecule has 0 saturated heterocycles. The standard InChI is InChI=1S/C11H14N2O/c1-7(2)4-10(14)9-5-8(3)6-13-11(9)12/h4-6H,1-3H3,(H2,12,13). The number of anilines is 1. The van der Waals surface area contributed by atoms with Gasteiger partial charge in [0.2, 0.25) is 0 Å². The summed E-state index contributed by atoms with van der Waals surface area (Å²) in [4.78, 5) is 15.6. The van der Waals surface area contributed by atoms with E-state index in [-0.39, 0.29) is 11.6 Å². The van der Waals surface area contributed by atoms with Crippen molar-refractivity contribution in [3.8, 4) is 0 Å². The lowest BCUT2D eigenvalue weighted by Gasteiger charge is -2.02. The molecule has 1 aromatic heterocycles. The quantitative estimate of drug-likeness (QED) is 0.574. The van der Waals surface area contributed by atoms with E-state index < -0.39 is 0 Å². The number of nitrogens with zero attached hydrogens (tertiary/aromatic N) is 1.